The van der Waals surface area contributed by atoms with Crippen molar-refractivity contribution in [3.05, 3.63) is 95.7 Å². The van der Waals surface area contributed by atoms with E-state index in [1.165, 1.54) is 0 Å². The lowest BCUT2D eigenvalue weighted by Gasteiger charge is -2.30. The molecule has 6 nitrogen and oxygen atoms in total. The Labute approximate surface area is 186 Å². The zero-order valence-corrected chi connectivity index (χ0v) is 18.0. The molecular weight excluding hydrogens is 400 g/mol. The van der Waals surface area contributed by atoms with E-state index >= 15 is 0 Å². The molecule has 0 saturated heterocycles. The minimum atomic E-state index is -0.335. The largest absolute Gasteiger partial charge is 0.494 e. The number of carbonyl (C=O) groups excluding carboxylic acids is 1. The van der Waals surface area contributed by atoms with Gasteiger partial charge in [-0.15, -0.1) is 0 Å². The number of amides is 1. The summed E-state index contributed by atoms with van der Waals surface area (Å²) in [5, 5.41) is 6.39. The number of aromatic nitrogens is 2. The minimum absolute atomic E-state index is 0.150. The summed E-state index contributed by atoms with van der Waals surface area (Å²) < 4.78 is 7.72. The number of rotatable bonds is 5. The first-order chi connectivity index (χ1) is 15.7. The Morgan fingerprint density at radius 2 is 1.75 bits per heavy atom. The van der Waals surface area contributed by atoms with Crippen molar-refractivity contribution in [3.63, 3.8) is 0 Å². The monoisotopic (exact) mass is 424 g/mol. The number of benzene rings is 3. The van der Waals surface area contributed by atoms with Gasteiger partial charge in [0.25, 0.3) is 5.91 Å². The van der Waals surface area contributed by atoms with E-state index in [1.807, 2.05) is 92.7 Å². The van der Waals surface area contributed by atoms with Gasteiger partial charge in [0.1, 0.15) is 5.75 Å². The van der Waals surface area contributed by atoms with E-state index in [9.17, 15) is 4.79 Å². The van der Waals surface area contributed by atoms with E-state index in [0.29, 0.717) is 12.2 Å². The number of nitrogens with zero attached hydrogens (tertiary/aromatic N) is 2. The first-order valence-corrected chi connectivity index (χ1v) is 10.7. The maximum absolute atomic E-state index is 13.5. The number of para-hydroxylation sites is 3. The van der Waals surface area contributed by atoms with E-state index in [1.54, 1.807) is 0 Å². The summed E-state index contributed by atoms with van der Waals surface area (Å²) in [6.45, 7) is 4.49. The molecule has 3 aromatic carbocycles. The molecule has 32 heavy (non-hydrogen) atoms. The van der Waals surface area contributed by atoms with Crippen LogP contribution in [0.4, 0.5) is 11.6 Å². The summed E-state index contributed by atoms with van der Waals surface area (Å²) in [7, 11) is 0. The lowest BCUT2D eigenvalue weighted by molar-refractivity contribution is -0.113. The van der Waals surface area contributed by atoms with Crippen molar-refractivity contribution >= 4 is 28.6 Å². The van der Waals surface area contributed by atoms with Crippen LogP contribution in [-0.4, -0.2) is 22.1 Å². The van der Waals surface area contributed by atoms with Crippen molar-refractivity contribution in [3.8, 4) is 5.75 Å². The molecule has 1 aromatic heterocycles. The first kappa shape index (κ1) is 19.9. The highest BCUT2D eigenvalue weighted by Gasteiger charge is 2.34. The molecule has 1 atom stereocenters. The number of nitrogens with one attached hydrogen (secondary N) is 2. The van der Waals surface area contributed by atoms with Crippen LogP contribution in [0.15, 0.2) is 90.1 Å². The summed E-state index contributed by atoms with van der Waals surface area (Å²) in [4.78, 5) is 18.3. The van der Waals surface area contributed by atoms with Gasteiger partial charge in [-0.1, -0.05) is 42.5 Å². The van der Waals surface area contributed by atoms with Crippen LogP contribution in [0.2, 0.25) is 0 Å². The van der Waals surface area contributed by atoms with Crippen molar-refractivity contribution < 1.29 is 9.53 Å². The van der Waals surface area contributed by atoms with Gasteiger partial charge in [0.2, 0.25) is 5.95 Å². The molecule has 1 aliphatic rings. The van der Waals surface area contributed by atoms with Gasteiger partial charge in [-0.3, -0.25) is 9.36 Å². The van der Waals surface area contributed by atoms with Gasteiger partial charge < -0.3 is 15.4 Å². The smallest absolute Gasteiger partial charge is 0.255 e. The molecule has 0 aliphatic carbocycles. The number of ether oxygens (including phenoxy) is 1. The first-order valence-electron chi connectivity index (χ1n) is 10.7. The molecule has 0 saturated carbocycles. The normalized spacial score (nSPS) is 15.2. The fraction of sp³-hybridized carbons (Fsp3) is 0.154. The Hall–Kier alpha value is -4.06. The highest BCUT2D eigenvalue weighted by atomic mass is 16.5. The molecule has 1 amide bonds. The molecule has 0 bridgehead atoms. The molecule has 2 heterocycles. The van der Waals surface area contributed by atoms with Gasteiger partial charge in [0, 0.05) is 11.4 Å². The zero-order chi connectivity index (χ0) is 22.1. The number of imidazole rings is 1. The third-order valence-electron chi connectivity index (χ3n) is 5.61. The third kappa shape index (κ3) is 3.50. The van der Waals surface area contributed by atoms with Crippen LogP contribution >= 0.6 is 0 Å². The molecule has 0 fully saturated rings. The van der Waals surface area contributed by atoms with Crippen molar-refractivity contribution in [1.29, 1.82) is 0 Å². The Bertz CT molecular complexity index is 1310. The zero-order valence-electron chi connectivity index (χ0n) is 18.0. The molecule has 4 aromatic rings. The van der Waals surface area contributed by atoms with E-state index in [0.717, 1.165) is 39.7 Å². The second-order valence-electron chi connectivity index (χ2n) is 7.68. The van der Waals surface area contributed by atoms with E-state index in [4.69, 9.17) is 9.72 Å². The molecule has 0 radical (unpaired) electrons. The molecule has 1 aliphatic heterocycles. The standard InChI is InChI=1S/C26H24N4O2/c1-3-32-20-15-13-18(14-16-20)24-23(25(31)28-19-9-5-4-6-10-19)17(2)27-26-29-21-11-7-8-12-22(21)30(24)26/h4-16,24H,3H2,1-2H3,(H,27,29)(H,28,31)/t24-/m0/s1. The summed E-state index contributed by atoms with van der Waals surface area (Å²) in [5.74, 6) is 1.37. The van der Waals surface area contributed by atoms with Crippen LogP contribution in [0.1, 0.15) is 25.5 Å². The maximum atomic E-state index is 13.5. The van der Waals surface area contributed by atoms with Crippen LogP contribution < -0.4 is 15.4 Å². The number of carbonyl (C=O) groups is 1. The molecule has 2 N–H and O–H groups in total. The fourth-order valence-corrected chi connectivity index (χ4v) is 4.21. The van der Waals surface area contributed by atoms with E-state index in [2.05, 4.69) is 15.2 Å². The summed E-state index contributed by atoms with van der Waals surface area (Å²) in [6.07, 6.45) is 0. The Balaban J connectivity index is 1.64. The van der Waals surface area contributed by atoms with Crippen LogP contribution in [0.25, 0.3) is 11.0 Å². The van der Waals surface area contributed by atoms with Crippen LogP contribution in [-0.2, 0) is 4.79 Å². The number of hydrogen-bond acceptors (Lipinski definition) is 4. The average Bonchev–Trinajstić information content (AvgIpc) is 3.17. The molecule has 6 heteroatoms. The number of anilines is 2. The Morgan fingerprint density at radius 1 is 1.03 bits per heavy atom. The lowest BCUT2D eigenvalue weighted by atomic mass is 9.94. The topological polar surface area (TPSA) is 68.2 Å². The van der Waals surface area contributed by atoms with Gasteiger partial charge in [-0.2, -0.15) is 0 Å². The predicted octanol–water partition coefficient (Wildman–Crippen LogP) is 5.36. The van der Waals surface area contributed by atoms with Crippen LogP contribution in [0, 0.1) is 0 Å². The van der Waals surface area contributed by atoms with Gasteiger partial charge in [0.05, 0.1) is 29.3 Å². The maximum Gasteiger partial charge on any atom is 0.255 e. The van der Waals surface area contributed by atoms with Crippen molar-refractivity contribution in [1.82, 2.24) is 9.55 Å². The summed E-state index contributed by atoms with van der Waals surface area (Å²) >= 11 is 0. The molecule has 5 rings (SSSR count). The van der Waals surface area contributed by atoms with Crippen molar-refractivity contribution in [2.24, 2.45) is 0 Å². The fourth-order valence-electron chi connectivity index (χ4n) is 4.21. The van der Waals surface area contributed by atoms with E-state index in [-0.39, 0.29) is 11.9 Å². The van der Waals surface area contributed by atoms with Crippen molar-refractivity contribution in [2.75, 3.05) is 17.2 Å². The summed E-state index contributed by atoms with van der Waals surface area (Å²) in [6, 6.07) is 25.1. The minimum Gasteiger partial charge on any atom is -0.494 e. The SMILES string of the molecule is CCOc1ccc([C@H]2C(C(=O)Nc3ccccc3)=C(C)Nc3nc4ccccc4n32)cc1. The highest BCUT2D eigenvalue weighted by Crippen LogP contribution is 2.39. The third-order valence-corrected chi connectivity index (χ3v) is 5.61. The van der Waals surface area contributed by atoms with Crippen LogP contribution in [0.5, 0.6) is 5.75 Å². The van der Waals surface area contributed by atoms with Gasteiger partial charge in [0.15, 0.2) is 0 Å². The number of hydrogen-bond donors (Lipinski definition) is 2. The van der Waals surface area contributed by atoms with Gasteiger partial charge in [-0.05, 0) is 55.8 Å². The highest BCUT2D eigenvalue weighted by molar-refractivity contribution is 6.06. The molecule has 0 unspecified atom stereocenters. The molecule has 0 spiro atoms. The Kier molecular flexibility index (Phi) is 5.11. The number of fused-ring (bicyclic) bond motifs is 3. The number of allylic oxidation sites excluding steroid dienone is 1. The second-order valence-corrected chi connectivity index (χ2v) is 7.68. The molecular formula is C26H24N4O2. The quantitative estimate of drug-likeness (QED) is 0.452. The van der Waals surface area contributed by atoms with E-state index < -0.39 is 0 Å². The second kappa shape index (κ2) is 8.23. The van der Waals surface area contributed by atoms with Gasteiger partial charge in [-0.25, -0.2) is 4.98 Å². The van der Waals surface area contributed by atoms with Gasteiger partial charge >= 0.3 is 0 Å². The molecule has 160 valence electrons. The lowest BCUT2D eigenvalue weighted by Crippen LogP contribution is -2.30. The predicted molar refractivity (Wildman–Crippen MR) is 127 cm³/mol. The average molecular weight is 425 g/mol. The van der Waals surface area contributed by atoms with Crippen LogP contribution in [0.3, 0.4) is 0 Å². The van der Waals surface area contributed by atoms with Crippen molar-refractivity contribution in [2.45, 2.75) is 19.9 Å². The summed E-state index contributed by atoms with van der Waals surface area (Å²) in [5.41, 5.74) is 5.00. The Morgan fingerprint density at radius 3 is 2.50 bits per heavy atom.